The molecule has 0 saturated carbocycles. The van der Waals surface area contributed by atoms with Crippen LogP contribution in [0.2, 0.25) is 5.02 Å². The van der Waals surface area contributed by atoms with Crippen molar-refractivity contribution in [3.8, 4) is 11.8 Å². The molecule has 0 spiro atoms. The molecule has 1 radical (unpaired) electrons. The van der Waals surface area contributed by atoms with Crippen LogP contribution in [0.3, 0.4) is 0 Å². The van der Waals surface area contributed by atoms with Crippen molar-refractivity contribution in [2.24, 2.45) is 0 Å². The summed E-state index contributed by atoms with van der Waals surface area (Å²) in [6.07, 6.45) is 0.180. The third kappa shape index (κ3) is 1.82. The molecule has 3 nitrogen and oxygen atoms in total. The van der Waals surface area contributed by atoms with E-state index in [1.807, 2.05) is 6.07 Å². The van der Waals surface area contributed by atoms with Gasteiger partial charge in [0.25, 0.3) is 0 Å². The number of ether oxygens (including phenoxy) is 1. The smallest absolute Gasteiger partial charge is 0.127 e. The van der Waals surface area contributed by atoms with Gasteiger partial charge in [0, 0.05) is 6.07 Å². The fourth-order valence-corrected chi connectivity index (χ4v) is 1.37. The Morgan fingerprint density at radius 3 is 2.79 bits per heavy atom. The van der Waals surface area contributed by atoms with Crippen LogP contribution in [-0.4, -0.2) is 19.2 Å². The molecule has 4 heteroatoms. The first-order chi connectivity index (χ1) is 6.79. The molecule has 0 aliphatic carbocycles. The molecule has 1 heterocycles. The molecular weight excluding hydrogens is 200 g/mol. The Morgan fingerprint density at radius 2 is 2.29 bits per heavy atom. The van der Waals surface area contributed by atoms with E-state index in [2.05, 4.69) is 5.32 Å². The molecule has 1 aliphatic rings. The van der Waals surface area contributed by atoms with Gasteiger partial charge < -0.3 is 4.74 Å². The van der Waals surface area contributed by atoms with Crippen LogP contribution in [0.1, 0.15) is 5.56 Å². The fourth-order valence-electron chi connectivity index (χ4n) is 1.16. The Bertz CT molecular complexity index is 382. The third-order valence-electron chi connectivity index (χ3n) is 2.03. The second-order valence-corrected chi connectivity index (χ2v) is 3.49. The van der Waals surface area contributed by atoms with Crippen LogP contribution in [-0.2, 0) is 0 Å². The maximum atomic E-state index is 8.66. The van der Waals surface area contributed by atoms with Crippen LogP contribution >= 0.6 is 11.6 Å². The lowest BCUT2D eigenvalue weighted by molar-refractivity contribution is 0.139. The van der Waals surface area contributed by atoms with Crippen LogP contribution in [0, 0.1) is 11.3 Å². The second-order valence-electron chi connectivity index (χ2n) is 3.08. The first kappa shape index (κ1) is 9.32. The maximum absolute atomic E-state index is 8.66. The van der Waals surface area contributed by atoms with Crippen molar-refractivity contribution in [2.45, 2.75) is 6.10 Å². The summed E-state index contributed by atoms with van der Waals surface area (Å²) in [6.45, 7) is 1.50. The Morgan fingerprint density at radius 1 is 1.50 bits per heavy atom. The number of nitrogens with zero attached hydrogens (tertiary/aromatic N) is 2. The minimum absolute atomic E-state index is 0.180. The highest BCUT2D eigenvalue weighted by atomic mass is 35.5. The summed E-state index contributed by atoms with van der Waals surface area (Å²) in [4.78, 5) is 0. The molecule has 71 valence electrons. The summed E-state index contributed by atoms with van der Waals surface area (Å²) in [5.74, 6) is 0.703. The Labute approximate surface area is 87.2 Å². The lowest BCUT2D eigenvalue weighted by Crippen LogP contribution is -2.45. The summed E-state index contributed by atoms with van der Waals surface area (Å²) < 4.78 is 5.54. The quantitative estimate of drug-likeness (QED) is 0.739. The maximum Gasteiger partial charge on any atom is 0.127 e. The van der Waals surface area contributed by atoms with Gasteiger partial charge in [-0.1, -0.05) is 11.6 Å². The van der Waals surface area contributed by atoms with Gasteiger partial charge in [-0.25, -0.2) is 5.32 Å². The molecule has 1 aromatic carbocycles. The number of benzene rings is 1. The molecule has 1 saturated heterocycles. The molecule has 2 rings (SSSR count). The number of rotatable bonds is 2. The van der Waals surface area contributed by atoms with E-state index in [1.54, 1.807) is 18.2 Å². The average Bonchev–Trinajstić information content (AvgIpc) is 2.12. The van der Waals surface area contributed by atoms with E-state index in [-0.39, 0.29) is 6.10 Å². The molecule has 14 heavy (non-hydrogen) atoms. The normalized spacial score (nSPS) is 15.7. The number of hydrogen-bond donors (Lipinski definition) is 0. The molecule has 1 fully saturated rings. The highest BCUT2D eigenvalue weighted by Gasteiger charge is 2.19. The van der Waals surface area contributed by atoms with Crippen molar-refractivity contribution in [3.63, 3.8) is 0 Å². The molecule has 0 atom stereocenters. The minimum Gasteiger partial charge on any atom is -0.488 e. The van der Waals surface area contributed by atoms with E-state index in [0.29, 0.717) is 16.3 Å². The van der Waals surface area contributed by atoms with Crippen molar-refractivity contribution < 1.29 is 4.74 Å². The lowest BCUT2D eigenvalue weighted by Gasteiger charge is -2.26. The van der Waals surface area contributed by atoms with Gasteiger partial charge in [-0.2, -0.15) is 5.26 Å². The van der Waals surface area contributed by atoms with Crippen molar-refractivity contribution in [3.05, 3.63) is 28.8 Å². The van der Waals surface area contributed by atoms with E-state index < -0.39 is 0 Å². The molecule has 1 aromatic rings. The largest absolute Gasteiger partial charge is 0.488 e. The first-order valence-electron chi connectivity index (χ1n) is 4.29. The first-order valence-corrected chi connectivity index (χ1v) is 4.67. The van der Waals surface area contributed by atoms with Crippen LogP contribution in [0.25, 0.3) is 0 Å². The third-order valence-corrected chi connectivity index (χ3v) is 2.34. The Hall–Kier alpha value is -1.24. The van der Waals surface area contributed by atoms with E-state index in [0.717, 1.165) is 13.1 Å². The topological polar surface area (TPSA) is 47.1 Å². The Kier molecular flexibility index (Phi) is 2.58. The average molecular weight is 208 g/mol. The molecule has 0 bridgehead atoms. The number of nitriles is 1. The van der Waals surface area contributed by atoms with Crippen molar-refractivity contribution in [1.82, 2.24) is 5.32 Å². The predicted octanol–water partition coefficient (Wildman–Crippen LogP) is 1.58. The van der Waals surface area contributed by atoms with Gasteiger partial charge in [-0.3, -0.25) is 0 Å². The summed E-state index contributed by atoms with van der Waals surface area (Å²) in [5.41, 5.74) is 0.470. The lowest BCUT2D eigenvalue weighted by atomic mass is 10.2. The van der Waals surface area contributed by atoms with Gasteiger partial charge in [0.15, 0.2) is 0 Å². The van der Waals surface area contributed by atoms with Gasteiger partial charge in [0.05, 0.1) is 23.7 Å². The van der Waals surface area contributed by atoms with Crippen molar-refractivity contribution >= 4 is 11.6 Å². The molecular formula is C10H8ClN2O. The zero-order chi connectivity index (χ0) is 9.97. The molecule has 0 unspecified atom stereocenters. The monoisotopic (exact) mass is 207 g/mol. The van der Waals surface area contributed by atoms with Crippen molar-refractivity contribution in [1.29, 1.82) is 5.26 Å². The molecule has 1 aliphatic heterocycles. The summed E-state index contributed by atoms with van der Waals surface area (Å²) in [7, 11) is 0. The molecule has 0 aromatic heterocycles. The molecule has 0 N–H and O–H groups in total. The second kappa shape index (κ2) is 3.87. The number of hydrogen-bond acceptors (Lipinski definition) is 2. The van der Waals surface area contributed by atoms with Crippen LogP contribution in [0.15, 0.2) is 18.2 Å². The SMILES string of the molecule is N#Cc1ccc(OC2C[N]C2)cc1Cl. The zero-order valence-corrected chi connectivity index (χ0v) is 8.16. The van der Waals surface area contributed by atoms with E-state index in [4.69, 9.17) is 21.6 Å². The summed E-state index contributed by atoms with van der Waals surface area (Å²) in [5, 5.41) is 13.1. The van der Waals surface area contributed by atoms with Gasteiger partial charge in [0.2, 0.25) is 0 Å². The highest BCUT2D eigenvalue weighted by Crippen LogP contribution is 2.23. The highest BCUT2D eigenvalue weighted by molar-refractivity contribution is 6.31. The van der Waals surface area contributed by atoms with Crippen LogP contribution in [0.5, 0.6) is 5.75 Å². The van der Waals surface area contributed by atoms with Crippen LogP contribution < -0.4 is 10.1 Å². The van der Waals surface area contributed by atoms with E-state index in [1.165, 1.54) is 0 Å². The van der Waals surface area contributed by atoms with Gasteiger partial charge >= 0.3 is 0 Å². The number of halogens is 1. The van der Waals surface area contributed by atoms with Gasteiger partial charge in [-0.15, -0.1) is 0 Å². The summed E-state index contributed by atoms with van der Waals surface area (Å²) >= 11 is 5.85. The van der Waals surface area contributed by atoms with Crippen molar-refractivity contribution in [2.75, 3.05) is 13.1 Å². The summed E-state index contributed by atoms with van der Waals surface area (Å²) in [6, 6.07) is 7.08. The van der Waals surface area contributed by atoms with E-state index >= 15 is 0 Å². The zero-order valence-electron chi connectivity index (χ0n) is 7.40. The van der Waals surface area contributed by atoms with Gasteiger partial charge in [-0.05, 0) is 12.1 Å². The predicted molar refractivity (Wildman–Crippen MR) is 52.5 cm³/mol. The standard InChI is InChI=1S/C10H8ClN2O/c11-10-3-8(2-1-7(10)4-12)14-9-5-13-6-9/h1-3,9H,5-6H2. The van der Waals surface area contributed by atoms with Crippen LogP contribution in [0.4, 0.5) is 0 Å². The Balaban J connectivity index is 2.12. The van der Waals surface area contributed by atoms with E-state index in [9.17, 15) is 0 Å². The van der Waals surface area contributed by atoms with Gasteiger partial charge in [0.1, 0.15) is 17.9 Å². The fraction of sp³-hybridized carbons (Fsp3) is 0.300. The molecule has 0 amide bonds. The minimum atomic E-state index is 0.180.